The van der Waals surface area contributed by atoms with E-state index in [9.17, 15) is 4.79 Å². The van der Waals surface area contributed by atoms with Crippen LogP contribution >= 0.6 is 0 Å². The van der Waals surface area contributed by atoms with E-state index in [1.165, 1.54) is 16.8 Å². The van der Waals surface area contributed by atoms with Gasteiger partial charge < -0.3 is 10.0 Å². The van der Waals surface area contributed by atoms with E-state index in [0.717, 1.165) is 12.1 Å². The third-order valence-corrected chi connectivity index (χ3v) is 3.71. The van der Waals surface area contributed by atoms with Gasteiger partial charge in [0.15, 0.2) is 0 Å². The van der Waals surface area contributed by atoms with Crippen molar-refractivity contribution in [2.45, 2.75) is 26.3 Å². The minimum Gasteiger partial charge on any atom is -0.481 e. The SMILES string of the molecule is Cc1cccc(N(C)Cc2ccc(C(C)C(=O)O)cc2)c1. The molecule has 110 valence electrons. The smallest absolute Gasteiger partial charge is 0.310 e. The van der Waals surface area contributed by atoms with Gasteiger partial charge in [-0.25, -0.2) is 0 Å². The van der Waals surface area contributed by atoms with Gasteiger partial charge in [-0.2, -0.15) is 0 Å². The molecular formula is C18H21NO2. The zero-order chi connectivity index (χ0) is 15.4. The summed E-state index contributed by atoms with van der Waals surface area (Å²) in [5.41, 5.74) is 4.42. The maximum absolute atomic E-state index is 11.0. The highest BCUT2D eigenvalue weighted by Gasteiger charge is 2.13. The molecular weight excluding hydrogens is 262 g/mol. The summed E-state index contributed by atoms with van der Waals surface area (Å²) in [5.74, 6) is -1.26. The number of nitrogens with zero attached hydrogens (tertiary/aromatic N) is 1. The van der Waals surface area contributed by atoms with Gasteiger partial charge in [-0.1, -0.05) is 36.4 Å². The Morgan fingerprint density at radius 1 is 1.19 bits per heavy atom. The fourth-order valence-corrected chi connectivity index (χ4v) is 2.28. The molecule has 0 fully saturated rings. The Morgan fingerprint density at radius 2 is 1.86 bits per heavy atom. The second-order valence-corrected chi connectivity index (χ2v) is 5.50. The number of hydrogen-bond acceptors (Lipinski definition) is 2. The monoisotopic (exact) mass is 283 g/mol. The zero-order valence-electron chi connectivity index (χ0n) is 12.7. The normalized spacial score (nSPS) is 12.0. The minimum atomic E-state index is -0.792. The van der Waals surface area contributed by atoms with Crippen molar-refractivity contribution in [1.29, 1.82) is 0 Å². The first-order chi connectivity index (χ1) is 9.97. The third-order valence-electron chi connectivity index (χ3n) is 3.71. The highest BCUT2D eigenvalue weighted by molar-refractivity contribution is 5.75. The highest BCUT2D eigenvalue weighted by Crippen LogP contribution is 2.19. The fourth-order valence-electron chi connectivity index (χ4n) is 2.28. The van der Waals surface area contributed by atoms with E-state index in [4.69, 9.17) is 5.11 Å². The molecule has 0 saturated carbocycles. The Balaban J connectivity index is 2.08. The van der Waals surface area contributed by atoms with E-state index < -0.39 is 11.9 Å². The standard InChI is InChI=1S/C18H21NO2/c1-13-5-4-6-17(11-13)19(3)12-15-7-9-16(10-8-15)14(2)18(20)21/h4-11,14H,12H2,1-3H3,(H,20,21). The van der Waals surface area contributed by atoms with Crippen LogP contribution in [0.5, 0.6) is 0 Å². The molecule has 3 heteroatoms. The molecule has 0 bridgehead atoms. The molecule has 2 rings (SSSR count). The number of carboxylic acid groups (broad SMARTS) is 1. The Morgan fingerprint density at radius 3 is 2.43 bits per heavy atom. The molecule has 1 unspecified atom stereocenters. The lowest BCUT2D eigenvalue weighted by Gasteiger charge is -2.20. The molecule has 2 aromatic rings. The van der Waals surface area contributed by atoms with Crippen molar-refractivity contribution in [3.63, 3.8) is 0 Å². The van der Waals surface area contributed by atoms with Crippen LogP contribution in [0.1, 0.15) is 29.5 Å². The predicted octanol–water partition coefficient (Wildman–Crippen LogP) is 3.82. The molecule has 0 amide bonds. The van der Waals surface area contributed by atoms with E-state index in [0.29, 0.717) is 0 Å². The first-order valence-electron chi connectivity index (χ1n) is 7.07. The molecule has 21 heavy (non-hydrogen) atoms. The van der Waals surface area contributed by atoms with Gasteiger partial charge in [-0.3, -0.25) is 4.79 Å². The van der Waals surface area contributed by atoms with Crippen LogP contribution in [0, 0.1) is 6.92 Å². The summed E-state index contributed by atoms with van der Waals surface area (Å²) in [6, 6.07) is 16.2. The lowest BCUT2D eigenvalue weighted by Crippen LogP contribution is -2.16. The largest absolute Gasteiger partial charge is 0.481 e. The van der Waals surface area contributed by atoms with Gasteiger partial charge in [0.1, 0.15) is 0 Å². The summed E-state index contributed by atoms with van der Waals surface area (Å²) < 4.78 is 0. The zero-order valence-corrected chi connectivity index (χ0v) is 12.7. The summed E-state index contributed by atoms with van der Waals surface area (Å²) in [5, 5.41) is 9.02. The summed E-state index contributed by atoms with van der Waals surface area (Å²) in [7, 11) is 2.06. The first kappa shape index (κ1) is 15.1. The van der Waals surface area contributed by atoms with Crippen LogP contribution in [0.3, 0.4) is 0 Å². The predicted molar refractivity (Wildman–Crippen MR) is 85.8 cm³/mol. The lowest BCUT2D eigenvalue weighted by atomic mass is 10.00. The van der Waals surface area contributed by atoms with Gasteiger partial charge in [-0.05, 0) is 42.7 Å². The van der Waals surface area contributed by atoms with E-state index in [2.05, 4.69) is 43.1 Å². The summed E-state index contributed by atoms with van der Waals surface area (Å²) in [6.45, 7) is 4.58. The van der Waals surface area contributed by atoms with Crippen molar-refractivity contribution in [2.75, 3.05) is 11.9 Å². The number of benzene rings is 2. The number of rotatable bonds is 5. The van der Waals surface area contributed by atoms with Crippen molar-refractivity contribution in [3.8, 4) is 0 Å². The quantitative estimate of drug-likeness (QED) is 0.907. The number of carboxylic acids is 1. The summed E-state index contributed by atoms with van der Waals surface area (Å²) in [4.78, 5) is 13.2. The van der Waals surface area contributed by atoms with Crippen LogP contribution in [-0.4, -0.2) is 18.1 Å². The fraction of sp³-hybridized carbons (Fsp3) is 0.278. The van der Waals surface area contributed by atoms with E-state index in [-0.39, 0.29) is 0 Å². The number of aliphatic carboxylic acids is 1. The molecule has 2 aromatic carbocycles. The van der Waals surface area contributed by atoms with Gasteiger partial charge in [0.25, 0.3) is 0 Å². The van der Waals surface area contributed by atoms with Crippen molar-refractivity contribution in [3.05, 3.63) is 65.2 Å². The van der Waals surface area contributed by atoms with E-state index >= 15 is 0 Å². The van der Waals surface area contributed by atoms with Crippen molar-refractivity contribution in [1.82, 2.24) is 0 Å². The topological polar surface area (TPSA) is 40.5 Å². The molecule has 0 aromatic heterocycles. The van der Waals surface area contributed by atoms with Crippen LogP contribution < -0.4 is 4.90 Å². The molecule has 0 saturated heterocycles. The van der Waals surface area contributed by atoms with Gasteiger partial charge in [0.2, 0.25) is 0 Å². The Bertz CT molecular complexity index is 619. The Labute approximate surface area is 125 Å². The maximum Gasteiger partial charge on any atom is 0.310 e. The van der Waals surface area contributed by atoms with Gasteiger partial charge in [-0.15, -0.1) is 0 Å². The van der Waals surface area contributed by atoms with Crippen LogP contribution in [0.25, 0.3) is 0 Å². The molecule has 0 heterocycles. The molecule has 0 radical (unpaired) electrons. The van der Waals surface area contributed by atoms with Crippen LogP contribution in [0.15, 0.2) is 48.5 Å². The van der Waals surface area contributed by atoms with Gasteiger partial charge in [0, 0.05) is 19.3 Å². The van der Waals surface area contributed by atoms with E-state index in [1.807, 2.05) is 24.3 Å². The molecule has 0 aliphatic rings. The van der Waals surface area contributed by atoms with Crippen LogP contribution in [0.2, 0.25) is 0 Å². The van der Waals surface area contributed by atoms with Gasteiger partial charge in [0.05, 0.1) is 5.92 Å². The lowest BCUT2D eigenvalue weighted by molar-refractivity contribution is -0.138. The molecule has 0 spiro atoms. The van der Waals surface area contributed by atoms with Crippen molar-refractivity contribution in [2.24, 2.45) is 0 Å². The second kappa shape index (κ2) is 6.44. The average molecular weight is 283 g/mol. The molecule has 3 nitrogen and oxygen atoms in total. The molecule has 0 aliphatic carbocycles. The summed E-state index contributed by atoms with van der Waals surface area (Å²) in [6.07, 6.45) is 0. The van der Waals surface area contributed by atoms with Crippen LogP contribution in [0.4, 0.5) is 5.69 Å². The first-order valence-corrected chi connectivity index (χ1v) is 7.07. The third kappa shape index (κ3) is 3.85. The number of hydrogen-bond donors (Lipinski definition) is 1. The van der Waals surface area contributed by atoms with Crippen LogP contribution in [-0.2, 0) is 11.3 Å². The Kier molecular flexibility index (Phi) is 4.63. The summed E-state index contributed by atoms with van der Waals surface area (Å²) >= 11 is 0. The molecule has 1 atom stereocenters. The van der Waals surface area contributed by atoms with E-state index in [1.54, 1.807) is 6.92 Å². The number of aryl methyl sites for hydroxylation is 1. The molecule has 0 aliphatic heterocycles. The number of carbonyl (C=O) groups is 1. The van der Waals surface area contributed by atoms with Gasteiger partial charge >= 0.3 is 5.97 Å². The maximum atomic E-state index is 11.0. The highest BCUT2D eigenvalue weighted by atomic mass is 16.4. The minimum absolute atomic E-state index is 0.464. The molecule has 1 N–H and O–H groups in total. The Hall–Kier alpha value is -2.29. The number of anilines is 1. The second-order valence-electron chi connectivity index (χ2n) is 5.50. The van der Waals surface area contributed by atoms with Crippen molar-refractivity contribution >= 4 is 11.7 Å². The average Bonchev–Trinajstić information content (AvgIpc) is 2.47. The van der Waals surface area contributed by atoms with Crippen molar-refractivity contribution < 1.29 is 9.90 Å².